The molecule has 0 aromatic heterocycles. The van der Waals surface area contributed by atoms with Gasteiger partial charge < -0.3 is 14.9 Å². The van der Waals surface area contributed by atoms with Crippen molar-refractivity contribution in [2.75, 3.05) is 12.4 Å². The van der Waals surface area contributed by atoms with Crippen LogP contribution in [0.4, 0.5) is 0 Å². The zero-order valence-electron chi connectivity index (χ0n) is 11.2. The first kappa shape index (κ1) is 15.9. The highest BCUT2D eigenvalue weighted by atomic mass is 32.2. The van der Waals surface area contributed by atoms with E-state index in [0.717, 1.165) is 12.2 Å². The number of aromatic carboxylic acids is 1. The molecule has 0 heterocycles. The van der Waals surface area contributed by atoms with Crippen LogP contribution in [-0.2, 0) is 0 Å². The van der Waals surface area contributed by atoms with Gasteiger partial charge in [0, 0.05) is 5.25 Å². The zero-order valence-corrected chi connectivity index (χ0v) is 12.0. The number of benzene rings is 1. The summed E-state index contributed by atoms with van der Waals surface area (Å²) in [5.74, 6) is 0.303. The third kappa shape index (κ3) is 5.53. The van der Waals surface area contributed by atoms with Crippen molar-refractivity contribution in [2.24, 2.45) is 0 Å². The SMILES string of the molecule is CC(O)C(C)SCCCOc1ccccc1C(=O)O. The number of hydrogen-bond acceptors (Lipinski definition) is 4. The Hall–Kier alpha value is -1.20. The summed E-state index contributed by atoms with van der Waals surface area (Å²) in [6.45, 7) is 4.23. The number of carboxylic acids is 1. The molecule has 106 valence electrons. The van der Waals surface area contributed by atoms with Crippen molar-refractivity contribution in [1.82, 2.24) is 0 Å². The zero-order chi connectivity index (χ0) is 14.3. The molecular formula is C14H20O4S. The first-order valence-corrected chi connectivity index (χ1v) is 7.32. The van der Waals surface area contributed by atoms with Crippen LogP contribution in [0.3, 0.4) is 0 Å². The molecule has 1 aromatic carbocycles. The van der Waals surface area contributed by atoms with Gasteiger partial charge in [0.15, 0.2) is 0 Å². The number of thioether (sulfide) groups is 1. The maximum Gasteiger partial charge on any atom is 0.339 e. The van der Waals surface area contributed by atoms with Crippen LogP contribution in [0.1, 0.15) is 30.6 Å². The first-order valence-electron chi connectivity index (χ1n) is 6.27. The van der Waals surface area contributed by atoms with Gasteiger partial charge in [-0.05, 0) is 31.2 Å². The van der Waals surface area contributed by atoms with E-state index < -0.39 is 5.97 Å². The maximum atomic E-state index is 11.0. The monoisotopic (exact) mass is 284 g/mol. The third-order valence-electron chi connectivity index (χ3n) is 2.72. The van der Waals surface area contributed by atoms with E-state index in [1.54, 1.807) is 36.9 Å². The van der Waals surface area contributed by atoms with Crippen LogP contribution in [0, 0.1) is 0 Å². The Labute approximate surface area is 117 Å². The standard InChI is InChI=1S/C14H20O4S/c1-10(15)11(2)19-9-5-8-18-13-7-4-3-6-12(13)14(16)17/h3-4,6-7,10-11,15H,5,8-9H2,1-2H3,(H,16,17). The van der Waals surface area contributed by atoms with Gasteiger partial charge in [-0.2, -0.15) is 11.8 Å². The van der Waals surface area contributed by atoms with E-state index in [1.165, 1.54) is 6.07 Å². The largest absolute Gasteiger partial charge is 0.493 e. The normalized spacial score (nSPS) is 13.8. The molecule has 4 nitrogen and oxygen atoms in total. The van der Waals surface area contributed by atoms with Crippen molar-refractivity contribution in [3.05, 3.63) is 29.8 Å². The summed E-state index contributed by atoms with van der Waals surface area (Å²) >= 11 is 1.68. The summed E-state index contributed by atoms with van der Waals surface area (Å²) in [7, 11) is 0. The minimum absolute atomic E-state index is 0.188. The second-order valence-electron chi connectivity index (χ2n) is 4.32. The van der Waals surface area contributed by atoms with E-state index in [0.29, 0.717) is 12.4 Å². The molecule has 2 unspecified atom stereocenters. The Kier molecular flexibility index (Phi) is 6.73. The molecule has 0 aliphatic rings. The van der Waals surface area contributed by atoms with Crippen LogP contribution in [0.25, 0.3) is 0 Å². The lowest BCUT2D eigenvalue weighted by atomic mass is 10.2. The second-order valence-corrected chi connectivity index (χ2v) is 5.80. The number of carbonyl (C=O) groups is 1. The molecule has 2 N–H and O–H groups in total. The molecule has 0 radical (unpaired) electrons. The molecule has 0 aliphatic carbocycles. The Bertz CT molecular complexity index is 406. The van der Waals surface area contributed by atoms with E-state index in [9.17, 15) is 9.90 Å². The molecular weight excluding hydrogens is 264 g/mol. The predicted octanol–water partition coefficient (Wildman–Crippen LogP) is 2.66. The molecule has 1 rings (SSSR count). The van der Waals surface area contributed by atoms with Gasteiger partial charge >= 0.3 is 5.97 Å². The highest BCUT2D eigenvalue weighted by Gasteiger charge is 2.10. The van der Waals surface area contributed by atoms with Crippen LogP contribution in [0.2, 0.25) is 0 Å². The molecule has 0 spiro atoms. The quantitative estimate of drug-likeness (QED) is 0.718. The molecule has 0 bridgehead atoms. The number of aliphatic hydroxyl groups is 1. The molecule has 0 fully saturated rings. The maximum absolute atomic E-state index is 11.0. The summed E-state index contributed by atoms with van der Waals surface area (Å²) in [5.41, 5.74) is 0.188. The lowest BCUT2D eigenvalue weighted by molar-refractivity contribution is 0.0692. The van der Waals surface area contributed by atoms with Gasteiger partial charge in [-0.3, -0.25) is 0 Å². The van der Waals surface area contributed by atoms with Crippen molar-refractivity contribution in [2.45, 2.75) is 31.6 Å². The summed E-state index contributed by atoms with van der Waals surface area (Å²) in [6, 6.07) is 6.62. The van der Waals surface area contributed by atoms with Gasteiger partial charge in [0.25, 0.3) is 0 Å². The molecule has 0 aliphatic heterocycles. The number of ether oxygens (including phenoxy) is 1. The molecule has 19 heavy (non-hydrogen) atoms. The fraction of sp³-hybridized carbons (Fsp3) is 0.500. The summed E-state index contributed by atoms with van der Waals surface area (Å²) in [4.78, 5) is 11.0. The average molecular weight is 284 g/mol. The van der Waals surface area contributed by atoms with Crippen LogP contribution in [0.15, 0.2) is 24.3 Å². The van der Waals surface area contributed by atoms with Crippen LogP contribution < -0.4 is 4.74 Å². The van der Waals surface area contributed by atoms with E-state index in [-0.39, 0.29) is 16.9 Å². The summed E-state index contributed by atoms with van der Waals surface area (Å²) in [5, 5.41) is 18.5. The minimum atomic E-state index is -0.979. The number of hydrogen-bond donors (Lipinski definition) is 2. The van der Waals surface area contributed by atoms with Gasteiger partial charge in [-0.15, -0.1) is 0 Å². The van der Waals surface area contributed by atoms with Gasteiger partial charge in [-0.25, -0.2) is 4.79 Å². The highest BCUT2D eigenvalue weighted by Crippen LogP contribution is 2.19. The summed E-state index contributed by atoms with van der Waals surface area (Å²) < 4.78 is 5.48. The van der Waals surface area contributed by atoms with Crippen molar-refractivity contribution in [3.8, 4) is 5.75 Å². The molecule has 0 saturated heterocycles. The Balaban J connectivity index is 2.32. The Morgan fingerprint density at radius 3 is 2.68 bits per heavy atom. The lowest BCUT2D eigenvalue weighted by Crippen LogP contribution is -2.16. The number of rotatable bonds is 8. The van der Waals surface area contributed by atoms with Gasteiger partial charge in [0.1, 0.15) is 11.3 Å². The van der Waals surface area contributed by atoms with Gasteiger partial charge in [0.05, 0.1) is 12.7 Å². The van der Waals surface area contributed by atoms with E-state index in [1.807, 2.05) is 6.92 Å². The van der Waals surface area contributed by atoms with E-state index in [2.05, 4.69) is 0 Å². The molecule has 0 saturated carbocycles. The van der Waals surface area contributed by atoms with Crippen LogP contribution >= 0.6 is 11.8 Å². The number of para-hydroxylation sites is 1. The van der Waals surface area contributed by atoms with E-state index in [4.69, 9.17) is 9.84 Å². The molecule has 2 atom stereocenters. The van der Waals surface area contributed by atoms with Crippen LogP contribution in [-0.4, -0.2) is 39.9 Å². The molecule has 0 amide bonds. The van der Waals surface area contributed by atoms with E-state index >= 15 is 0 Å². The minimum Gasteiger partial charge on any atom is -0.493 e. The smallest absolute Gasteiger partial charge is 0.339 e. The predicted molar refractivity (Wildman–Crippen MR) is 77.1 cm³/mol. The fourth-order valence-electron chi connectivity index (χ4n) is 1.42. The summed E-state index contributed by atoms with van der Waals surface area (Å²) in [6.07, 6.45) is 0.494. The molecule has 5 heteroatoms. The highest BCUT2D eigenvalue weighted by molar-refractivity contribution is 7.99. The van der Waals surface area contributed by atoms with Crippen molar-refractivity contribution in [3.63, 3.8) is 0 Å². The van der Waals surface area contributed by atoms with Gasteiger partial charge in [0.2, 0.25) is 0 Å². The van der Waals surface area contributed by atoms with Crippen molar-refractivity contribution >= 4 is 17.7 Å². The second kappa shape index (κ2) is 8.07. The van der Waals surface area contributed by atoms with Crippen molar-refractivity contribution in [1.29, 1.82) is 0 Å². The topological polar surface area (TPSA) is 66.8 Å². The lowest BCUT2D eigenvalue weighted by Gasteiger charge is -2.14. The van der Waals surface area contributed by atoms with Crippen LogP contribution in [0.5, 0.6) is 5.75 Å². The fourth-order valence-corrected chi connectivity index (χ4v) is 2.35. The number of carboxylic acid groups (broad SMARTS) is 1. The van der Waals surface area contributed by atoms with Gasteiger partial charge in [-0.1, -0.05) is 19.1 Å². The third-order valence-corrected chi connectivity index (χ3v) is 4.17. The number of aliphatic hydroxyl groups excluding tert-OH is 1. The first-order chi connectivity index (χ1) is 9.02. The molecule has 1 aromatic rings. The average Bonchev–Trinajstić information content (AvgIpc) is 2.38. The Morgan fingerprint density at radius 1 is 1.37 bits per heavy atom. The Morgan fingerprint density at radius 2 is 2.05 bits per heavy atom. The van der Waals surface area contributed by atoms with Crippen molar-refractivity contribution < 1.29 is 19.7 Å².